The summed E-state index contributed by atoms with van der Waals surface area (Å²) in [5.74, 6) is -1.07. The lowest BCUT2D eigenvalue weighted by Gasteiger charge is -2.35. The fraction of sp³-hybridized carbons (Fsp3) is 0.429. The highest BCUT2D eigenvalue weighted by atomic mass is 16.6. The van der Waals surface area contributed by atoms with Crippen molar-refractivity contribution in [3.8, 4) is 57.5 Å². The third kappa shape index (κ3) is 8.57. The van der Waals surface area contributed by atoms with Gasteiger partial charge in [0.15, 0.2) is 46.0 Å². The monoisotopic (exact) mass is 810 g/mol. The van der Waals surface area contributed by atoms with Crippen molar-refractivity contribution < 1.29 is 78.0 Å². The van der Waals surface area contributed by atoms with Crippen LogP contribution >= 0.6 is 0 Å². The van der Waals surface area contributed by atoms with Crippen LogP contribution in [0.3, 0.4) is 0 Å². The van der Waals surface area contributed by atoms with Gasteiger partial charge in [-0.3, -0.25) is 0 Å². The highest BCUT2D eigenvalue weighted by Crippen LogP contribution is 2.49. The summed E-state index contributed by atoms with van der Waals surface area (Å²) in [6, 6.07) is 15.5. The molecule has 4 aromatic carbocycles. The first-order valence-corrected chi connectivity index (χ1v) is 18.4. The summed E-state index contributed by atoms with van der Waals surface area (Å²) in [5, 5.41) is 65.4. The van der Waals surface area contributed by atoms with Crippen LogP contribution < -0.4 is 28.4 Å². The van der Waals surface area contributed by atoms with Crippen LogP contribution in [0.25, 0.3) is 0 Å². The molecule has 0 bridgehead atoms. The number of ether oxygens (including phenoxy) is 10. The zero-order valence-corrected chi connectivity index (χ0v) is 33.0. The van der Waals surface area contributed by atoms with Gasteiger partial charge in [-0.15, -0.1) is 0 Å². The summed E-state index contributed by atoms with van der Waals surface area (Å²) in [5.41, 5.74) is 1.91. The van der Waals surface area contributed by atoms with E-state index in [1.807, 2.05) is 0 Å². The predicted octanol–water partition coefficient (Wildman–Crippen LogP) is 4.87. The minimum Gasteiger partial charge on any atom is -0.504 e. The lowest BCUT2D eigenvalue weighted by molar-refractivity contribution is -0.0655. The normalized spacial score (nSPS) is 23.4. The molecule has 0 saturated carbocycles. The van der Waals surface area contributed by atoms with E-state index in [1.54, 1.807) is 36.4 Å². The zero-order chi connectivity index (χ0) is 41.7. The first kappa shape index (κ1) is 42.3. The number of aliphatic hydroxyl groups excluding tert-OH is 2. The van der Waals surface area contributed by atoms with E-state index in [-0.39, 0.29) is 83.9 Å². The van der Waals surface area contributed by atoms with Crippen molar-refractivity contribution in [3.63, 3.8) is 0 Å². The average Bonchev–Trinajstić information content (AvgIpc) is 3.61. The molecular formula is C42H50O16. The molecule has 0 radical (unpaired) electrons. The molecule has 314 valence electrons. The Balaban J connectivity index is 1.45. The predicted molar refractivity (Wildman–Crippen MR) is 206 cm³/mol. The number of methoxy groups -OCH3 is 6. The number of phenolic OH excluding ortho intramolecular Hbond substituents is 4. The van der Waals surface area contributed by atoms with E-state index < -0.39 is 48.5 Å². The van der Waals surface area contributed by atoms with Crippen LogP contribution in [0.2, 0.25) is 0 Å². The molecule has 8 atom stereocenters. The molecule has 2 saturated heterocycles. The molecule has 16 heteroatoms. The number of phenols is 4. The van der Waals surface area contributed by atoms with E-state index in [4.69, 9.17) is 47.4 Å². The lowest BCUT2D eigenvalue weighted by atomic mass is 9.79. The van der Waals surface area contributed by atoms with Crippen molar-refractivity contribution >= 4 is 0 Å². The number of aliphatic hydroxyl groups is 2. The van der Waals surface area contributed by atoms with Gasteiger partial charge in [-0.25, -0.2) is 0 Å². The Kier molecular flexibility index (Phi) is 13.5. The fourth-order valence-electron chi connectivity index (χ4n) is 7.47. The molecule has 58 heavy (non-hydrogen) atoms. The maximum Gasteiger partial charge on any atom is 0.200 e. The zero-order valence-electron chi connectivity index (χ0n) is 33.0. The Hall–Kier alpha value is -5.36. The van der Waals surface area contributed by atoms with Gasteiger partial charge in [0, 0.05) is 11.8 Å². The molecule has 0 amide bonds. The summed E-state index contributed by atoms with van der Waals surface area (Å²) in [6.07, 6.45) is -5.94. The molecule has 2 aliphatic heterocycles. The molecule has 0 unspecified atom stereocenters. The molecule has 2 fully saturated rings. The van der Waals surface area contributed by atoms with E-state index in [0.29, 0.717) is 22.3 Å². The number of benzene rings is 4. The minimum atomic E-state index is -1.22. The summed E-state index contributed by atoms with van der Waals surface area (Å²) in [6.45, 7) is -0.284. The van der Waals surface area contributed by atoms with Crippen molar-refractivity contribution in [2.24, 2.45) is 11.8 Å². The van der Waals surface area contributed by atoms with Crippen LogP contribution in [0.1, 0.15) is 46.7 Å². The highest BCUT2D eigenvalue weighted by Gasteiger charge is 2.45. The first-order chi connectivity index (χ1) is 28.0. The van der Waals surface area contributed by atoms with Gasteiger partial charge in [0.05, 0.1) is 81.3 Å². The Morgan fingerprint density at radius 3 is 1.09 bits per heavy atom. The summed E-state index contributed by atoms with van der Waals surface area (Å²) < 4.78 is 59.0. The smallest absolute Gasteiger partial charge is 0.200 e. The maximum absolute atomic E-state index is 11.6. The molecule has 2 aliphatic rings. The molecular weight excluding hydrogens is 760 g/mol. The van der Waals surface area contributed by atoms with Crippen LogP contribution in [0, 0.1) is 11.8 Å². The van der Waals surface area contributed by atoms with E-state index in [0.717, 1.165) is 0 Å². The van der Waals surface area contributed by atoms with Gasteiger partial charge < -0.3 is 78.0 Å². The van der Waals surface area contributed by atoms with Crippen molar-refractivity contribution in [2.75, 3.05) is 69.1 Å². The first-order valence-electron chi connectivity index (χ1n) is 18.4. The van der Waals surface area contributed by atoms with Gasteiger partial charge in [0.2, 0.25) is 11.5 Å². The SMILES string of the molecule is COc1cc([C@@H](O)[C@H]2CO[C@@H](c3cc(OC)c(O)c(OC)c3)[C@@H]([C@@H]3CO[C@H]([C@@H](O)c4ccc(O)c(OC)c4)CO[C@@H]3c3cc(OC)c(O)c(OC)c3)CO2)ccc1O. The van der Waals surface area contributed by atoms with Gasteiger partial charge in [-0.05, 0) is 70.8 Å². The van der Waals surface area contributed by atoms with E-state index in [9.17, 15) is 30.6 Å². The summed E-state index contributed by atoms with van der Waals surface area (Å²) >= 11 is 0. The Bertz CT molecular complexity index is 1830. The Morgan fingerprint density at radius 1 is 0.448 bits per heavy atom. The fourth-order valence-corrected chi connectivity index (χ4v) is 7.47. The topological polar surface area (TPSA) is 214 Å². The van der Waals surface area contributed by atoms with Gasteiger partial charge in [-0.1, -0.05) is 12.1 Å². The largest absolute Gasteiger partial charge is 0.504 e. The van der Waals surface area contributed by atoms with Crippen LogP contribution in [-0.4, -0.2) is 112 Å². The van der Waals surface area contributed by atoms with E-state index in [1.165, 1.54) is 66.9 Å². The van der Waals surface area contributed by atoms with Crippen molar-refractivity contribution in [1.29, 1.82) is 0 Å². The summed E-state index contributed by atoms with van der Waals surface area (Å²) in [4.78, 5) is 0. The van der Waals surface area contributed by atoms with Gasteiger partial charge in [0.1, 0.15) is 24.4 Å². The molecule has 2 heterocycles. The third-order valence-corrected chi connectivity index (χ3v) is 10.7. The molecule has 4 aromatic rings. The molecule has 6 N–H and O–H groups in total. The summed E-state index contributed by atoms with van der Waals surface area (Å²) in [7, 11) is 8.46. The third-order valence-electron chi connectivity index (χ3n) is 10.7. The second-order valence-corrected chi connectivity index (χ2v) is 13.9. The Morgan fingerprint density at radius 2 is 0.776 bits per heavy atom. The van der Waals surface area contributed by atoms with E-state index in [2.05, 4.69) is 0 Å². The van der Waals surface area contributed by atoms with Crippen LogP contribution in [0.4, 0.5) is 0 Å². The Labute approximate surface area is 335 Å². The number of hydrogen-bond donors (Lipinski definition) is 6. The minimum absolute atomic E-state index is 0.0320. The van der Waals surface area contributed by atoms with Crippen LogP contribution in [0.5, 0.6) is 57.5 Å². The van der Waals surface area contributed by atoms with Crippen molar-refractivity contribution in [1.82, 2.24) is 0 Å². The number of aromatic hydroxyl groups is 4. The molecule has 0 aliphatic carbocycles. The standard InChI is InChI=1S/C42H50O16/c1-49-29-11-21(7-9-27(29)43)37(45)35-19-57-41(23-13-31(51-3)39(47)32(14-23)52-4)25(17-55-35)26-18-56-36(38(46)22-8-10-28(44)30(12-22)50-2)20-58-42(26)24-15-33(53-5)40(48)34(16-24)54-6/h7-16,25-26,35-38,41-48H,17-20H2,1-6H3/t25-,26+,35-,36+,37-,38+,41+,42-. The van der Waals surface area contributed by atoms with Gasteiger partial charge in [-0.2, -0.15) is 0 Å². The van der Waals surface area contributed by atoms with Crippen LogP contribution in [0.15, 0.2) is 60.7 Å². The highest BCUT2D eigenvalue weighted by molar-refractivity contribution is 5.55. The quantitative estimate of drug-likeness (QED) is 0.106. The molecule has 0 aromatic heterocycles. The van der Waals surface area contributed by atoms with Crippen molar-refractivity contribution in [3.05, 3.63) is 82.9 Å². The molecule has 0 spiro atoms. The van der Waals surface area contributed by atoms with Gasteiger partial charge >= 0.3 is 0 Å². The second-order valence-electron chi connectivity index (χ2n) is 13.9. The second kappa shape index (κ2) is 18.5. The number of hydrogen-bond acceptors (Lipinski definition) is 16. The maximum atomic E-state index is 11.6. The average molecular weight is 811 g/mol. The number of rotatable bonds is 13. The van der Waals surface area contributed by atoms with Crippen LogP contribution in [-0.2, 0) is 18.9 Å². The van der Waals surface area contributed by atoms with E-state index >= 15 is 0 Å². The van der Waals surface area contributed by atoms with Gasteiger partial charge in [0.25, 0.3) is 0 Å². The van der Waals surface area contributed by atoms with Crippen molar-refractivity contribution in [2.45, 2.75) is 36.6 Å². The molecule has 6 rings (SSSR count). The lowest BCUT2D eigenvalue weighted by Crippen LogP contribution is -2.34. The molecule has 16 nitrogen and oxygen atoms in total.